The van der Waals surface area contributed by atoms with Gasteiger partial charge in [0.25, 0.3) is 5.91 Å². The average molecular weight is 475 g/mol. The van der Waals surface area contributed by atoms with E-state index in [1.165, 1.54) is 12.5 Å². The zero-order chi connectivity index (χ0) is 24.0. The number of H-pyrrole nitrogens is 1. The third kappa shape index (κ3) is 4.22. The van der Waals surface area contributed by atoms with E-state index in [1.54, 1.807) is 9.47 Å². The zero-order valence-electron chi connectivity index (χ0n) is 18.3. The highest BCUT2D eigenvalue weighted by Crippen LogP contribution is 2.37. The molecule has 11 heteroatoms. The predicted octanol–water partition coefficient (Wildman–Crippen LogP) is 3.95. The molecule has 2 aliphatic rings. The minimum atomic E-state index is -4.84. The first-order valence-electron chi connectivity index (χ1n) is 11.2. The van der Waals surface area contributed by atoms with Crippen LogP contribution in [0.5, 0.6) is 5.75 Å². The smallest absolute Gasteiger partial charge is 0.406 e. The van der Waals surface area contributed by atoms with Crippen molar-refractivity contribution < 1.29 is 22.7 Å². The number of aromatic amines is 1. The number of carbonyl (C=O) groups is 1. The van der Waals surface area contributed by atoms with Crippen LogP contribution in [0.1, 0.15) is 60.0 Å². The summed E-state index contributed by atoms with van der Waals surface area (Å²) in [6.07, 6.45) is 1.59. The summed E-state index contributed by atoms with van der Waals surface area (Å²) in [5.41, 5.74) is 8.13. The van der Waals surface area contributed by atoms with E-state index < -0.39 is 12.1 Å². The van der Waals surface area contributed by atoms with Crippen LogP contribution in [-0.2, 0) is 0 Å². The van der Waals surface area contributed by atoms with E-state index in [0.717, 1.165) is 36.1 Å². The molecule has 1 aromatic carbocycles. The number of halogens is 3. The molecule has 3 aromatic rings. The molecule has 3 N–H and O–H groups in total. The maximum absolute atomic E-state index is 12.9. The summed E-state index contributed by atoms with van der Waals surface area (Å²) in [6.45, 7) is 0.775. The highest BCUT2D eigenvalue weighted by Gasteiger charge is 2.32. The Morgan fingerprint density at radius 3 is 2.50 bits per heavy atom. The number of nitrogens with two attached hydrogens (primary N) is 1. The third-order valence-electron chi connectivity index (χ3n) is 6.77. The van der Waals surface area contributed by atoms with Crippen LogP contribution in [-0.4, -0.2) is 44.8 Å². The molecule has 8 nitrogen and oxygen atoms in total. The number of fused-ring (bicyclic) bond motifs is 1. The van der Waals surface area contributed by atoms with Gasteiger partial charge in [-0.3, -0.25) is 14.3 Å². The van der Waals surface area contributed by atoms with Crippen molar-refractivity contribution in [3.05, 3.63) is 52.1 Å². The number of anilines is 1. The first kappa shape index (κ1) is 22.3. The van der Waals surface area contributed by atoms with E-state index in [-0.39, 0.29) is 28.9 Å². The van der Waals surface area contributed by atoms with Gasteiger partial charge in [-0.25, -0.2) is 9.78 Å². The Hall–Kier alpha value is -3.50. The molecule has 2 fully saturated rings. The van der Waals surface area contributed by atoms with E-state index in [0.29, 0.717) is 37.5 Å². The summed E-state index contributed by atoms with van der Waals surface area (Å²) >= 11 is 0. The Kier molecular flexibility index (Phi) is 5.49. The number of hydrogen-bond donors (Lipinski definition) is 2. The van der Waals surface area contributed by atoms with Crippen molar-refractivity contribution in [2.75, 3.05) is 18.8 Å². The Balaban J connectivity index is 1.30. The van der Waals surface area contributed by atoms with Crippen LogP contribution >= 0.6 is 0 Å². The van der Waals surface area contributed by atoms with Crippen molar-refractivity contribution in [3.8, 4) is 5.75 Å². The van der Waals surface area contributed by atoms with Crippen LogP contribution in [0.25, 0.3) is 11.2 Å². The molecule has 1 saturated heterocycles. The quantitative estimate of drug-likeness (QED) is 0.556. The van der Waals surface area contributed by atoms with Crippen LogP contribution in [0.3, 0.4) is 0 Å². The van der Waals surface area contributed by atoms with Crippen LogP contribution in [0.4, 0.5) is 18.9 Å². The summed E-state index contributed by atoms with van der Waals surface area (Å²) in [7, 11) is 0. The number of likely N-dealkylation sites (tertiary alicyclic amines) is 1. The lowest BCUT2D eigenvalue weighted by Crippen LogP contribution is -2.40. The first-order chi connectivity index (χ1) is 16.2. The molecule has 1 aliphatic heterocycles. The number of amides is 1. The molecule has 1 amide bonds. The lowest BCUT2D eigenvalue weighted by atomic mass is 9.81. The van der Waals surface area contributed by atoms with Gasteiger partial charge in [-0.1, -0.05) is 6.42 Å². The maximum atomic E-state index is 12.9. The minimum Gasteiger partial charge on any atom is -0.406 e. The van der Waals surface area contributed by atoms with Crippen LogP contribution in [0, 0.1) is 0 Å². The largest absolute Gasteiger partial charge is 0.573 e. The number of nitrogen functional groups attached to an aromatic ring is 1. The fraction of sp³-hybridized carbons (Fsp3) is 0.435. The number of carbonyl (C=O) groups excluding carboxylic acids is 1. The third-order valence-corrected chi connectivity index (χ3v) is 6.77. The van der Waals surface area contributed by atoms with Crippen LogP contribution in [0.15, 0.2) is 35.3 Å². The summed E-state index contributed by atoms with van der Waals surface area (Å²) in [5, 5.41) is 0. The SMILES string of the molecule is Nc1cc(OC(F)(F)F)ccc1C(=O)N1CCC(n2c(=O)[nH]c3ncc(C4CCC4)cc32)CC1. The predicted molar refractivity (Wildman–Crippen MR) is 119 cm³/mol. The number of alkyl halides is 3. The van der Waals surface area contributed by atoms with Gasteiger partial charge in [0.15, 0.2) is 5.65 Å². The molecule has 1 aliphatic carbocycles. The van der Waals surface area contributed by atoms with E-state index in [9.17, 15) is 22.8 Å². The molecule has 0 radical (unpaired) electrons. The Bertz CT molecular complexity index is 1290. The molecule has 3 heterocycles. The number of piperidine rings is 1. The highest BCUT2D eigenvalue weighted by molar-refractivity contribution is 5.99. The van der Waals surface area contributed by atoms with E-state index in [2.05, 4.69) is 14.7 Å². The fourth-order valence-corrected chi connectivity index (χ4v) is 4.78. The molecule has 5 rings (SSSR count). The van der Waals surface area contributed by atoms with Crippen LogP contribution in [0.2, 0.25) is 0 Å². The van der Waals surface area contributed by atoms with Gasteiger partial charge in [0.2, 0.25) is 0 Å². The molecular formula is C23H24F3N5O3. The number of imidazole rings is 1. The molecule has 2 aromatic heterocycles. The lowest BCUT2D eigenvalue weighted by Gasteiger charge is -2.33. The Morgan fingerprint density at radius 1 is 1.15 bits per heavy atom. The number of rotatable bonds is 4. The molecule has 1 saturated carbocycles. The van der Waals surface area contributed by atoms with Gasteiger partial charge in [0.1, 0.15) is 5.75 Å². The summed E-state index contributed by atoms with van der Waals surface area (Å²) in [5.74, 6) is -0.350. The fourth-order valence-electron chi connectivity index (χ4n) is 4.78. The normalized spacial score (nSPS) is 17.7. The number of hydrogen-bond acceptors (Lipinski definition) is 5. The zero-order valence-corrected chi connectivity index (χ0v) is 18.3. The standard InChI is InChI=1S/C23H24F3N5O3/c24-23(25,26)34-16-4-5-17(18(27)11-16)21(32)30-8-6-15(7-9-30)31-19-10-14(13-2-1-3-13)12-28-20(19)29-22(31)33/h4-5,10-13,15H,1-3,6-9,27H2,(H,28,29,33). The number of nitrogens with zero attached hydrogens (tertiary/aromatic N) is 3. The Labute approximate surface area is 192 Å². The van der Waals surface area contributed by atoms with E-state index in [4.69, 9.17) is 5.73 Å². The maximum Gasteiger partial charge on any atom is 0.573 e. The number of benzene rings is 1. The number of aromatic nitrogens is 3. The molecule has 180 valence electrons. The number of ether oxygens (including phenoxy) is 1. The van der Waals surface area contributed by atoms with Gasteiger partial charge in [0.05, 0.1) is 11.1 Å². The molecular weight excluding hydrogens is 451 g/mol. The van der Waals surface area contributed by atoms with Crippen molar-refractivity contribution in [2.24, 2.45) is 0 Å². The van der Waals surface area contributed by atoms with Gasteiger partial charge in [0, 0.05) is 37.1 Å². The number of nitrogens with one attached hydrogen (secondary N) is 1. The van der Waals surface area contributed by atoms with E-state index >= 15 is 0 Å². The minimum absolute atomic E-state index is 0.0867. The van der Waals surface area contributed by atoms with Gasteiger partial charge < -0.3 is 15.4 Å². The molecule has 0 spiro atoms. The summed E-state index contributed by atoms with van der Waals surface area (Å²) in [6, 6.07) is 5.26. The lowest BCUT2D eigenvalue weighted by molar-refractivity contribution is -0.274. The van der Waals surface area contributed by atoms with Gasteiger partial charge >= 0.3 is 12.1 Å². The molecule has 0 unspecified atom stereocenters. The Morgan fingerprint density at radius 2 is 1.88 bits per heavy atom. The second kappa shape index (κ2) is 8.37. The van der Waals surface area contributed by atoms with Crippen molar-refractivity contribution in [3.63, 3.8) is 0 Å². The second-order valence-electron chi connectivity index (χ2n) is 8.88. The second-order valence-corrected chi connectivity index (χ2v) is 8.88. The monoisotopic (exact) mass is 475 g/mol. The summed E-state index contributed by atoms with van der Waals surface area (Å²) < 4.78 is 42.8. The number of pyridine rings is 1. The topological polar surface area (TPSA) is 106 Å². The highest BCUT2D eigenvalue weighted by atomic mass is 19.4. The van der Waals surface area contributed by atoms with E-state index in [1.807, 2.05) is 12.3 Å². The first-order valence-corrected chi connectivity index (χ1v) is 11.2. The van der Waals surface area contributed by atoms with Gasteiger partial charge in [-0.2, -0.15) is 0 Å². The van der Waals surface area contributed by atoms with Gasteiger partial charge in [-0.05, 0) is 55.4 Å². The van der Waals surface area contributed by atoms with Gasteiger partial charge in [-0.15, -0.1) is 13.2 Å². The van der Waals surface area contributed by atoms with Crippen molar-refractivity contribution in [1.82, 2.24) is 19.4 Å². The molecule has 0 atom stereocenters. The molecule has 34 heavy (non-hydrogen) atoms. The summed E-state index contributed by atoms with van der Waals surface area (Å²) in [4.78, 5) is 34.5. The van der Waals surface area contributed by atoms with Crippen molar-refractivity contribution in [2.45, 2.75) is 50.4 Å². The molecule has 0 bridgehead atoms. The van der Waals surface area contributed by atoms with Crippen molar-refractivity contribution in [1.29, 1.82) is 0 Å². The van der Waals surface area contributed by atoms with Crippen LogP contribution < -0.4 is 16.2 Å². The average Bonchev–Trinajstić information content (AvgIpc) is 3.06. The van der Waals surface area contributed by atoms with Crippen molar-refractivity contribution >= 4 is 22.8 Å².